The highest BCUT2D eigenvalue weighted by Gasteiger charge is 2.29. The Kier molecular flexibility index (Phi) is 4.12. The van der Waals surface area contributed by atoms with Crippen LogP contribution in [0.5, 0.6) is 0 Å². The number of carbonyl (C=O) groups is 1. The first-order chi connectivity index (χ1) is 7.18. The molecule has 4 nitrogen and oxygen atoms in total. The monoisotopic (exact) mass is 241 g/mol. The molecule has 0 saturated heterocycles. The topological polar surface area (TPSA) is 68.0 Å². The molecule has 88 valence electrons. The molecule has 1 aliphatic carbocycles. The number of amides is 1. The fourth-order valence-corrected chi connectivity index (χ4v) is 1.59. The second kappa shape index (κ2) is 5.16. The number of hydrogen-bond donors (Lipinski definition) is 2. The molecule has 1 aliphatic rings. The van der Waals surface area contributed by atoms with Crippen LogP contribution in [-0.4, -0.2) is 16.9 Å². The molecule has 3 N–H and O–H groups in total. The van der Waals surface area contributed by atoms with E-state index >= 15 is 0 Å². The highest BCUT2D eigenvalue weighted by atomic mass is 35.5. The molecule has 1 saturated carbocycles. The van der Waals surface area contributed by atoms with Gasteiger partial charge in [0.1, 0.15) is 0 Å². The smallest absolute Gasteiger partial charge is 0.255 e. The van der Waals surface area contributed by atoms with Gasteiger partial charge in [0.15, 0.2) is 0 Å². The Hall–Kier alpha value is -1.29. The average molecular weight is 242 g/mol. The van der Waals surface area contributed by atoms with Crippen molar-refractivity contribution < 1.29 is 4.79 Å². The van der Waals surface area contributed by atoms with Gasteiger partial charge in [-0.1, -0.05) is 0 Å². The second-order valence-corrected chi connectivity index (χ2v) is 4.06. The minimum absolute atomic E-state index is 0. The van der Waals surface area contributed by atoms with Crippen molar-refractivity contribution in [2.45, 2.75) is 25.8 Å². The predicted molar refractivity (Wildman–Crippen MR) is 65.5 cm³/mol. The van der Waals surface area contributed by atoms with Crippen molar-refractivity contribution in [2.24, 2.45) is 5.92 Å². The number of halogens is 1. The van der Waals surface area contributed by atoms with Gasteiger partial charge in [-0.2, -0.15) is 0 Å². The quantitative estimate of drug-likeness (QED) is 0.845. The summed E-state index contributed by atoms with van der Waals surface area (Å²) in [4.78, 5) is 15.7. The van der Waals surface area contributed by atoms with Gasteiger partial charge in [-0.05, 0) is 31.7 Å². The molecule has 0 aliphatic heterocycles. The standard InChI is InChI=1S/C11H15N3O.ClH/c1-7(8-2-3-8)14-11(15)9-6-13-5-4-10(9)12;/h4-8H,2-3H2,1H3,(H2,12,13)(H,14,15);1H. The van der Waals surface area contributed by atoms with Crippen molar-refractivity contribution in [2.75, 3.05) is 5.73 Å². The van der Waals surface area contributed by atoms with Crippen LogP contribution >= 0.6 is 12.4 Å². The summed E-state index contributed by atoms with van der Waals surface area (Å²) in [5.41, 5.74) is 6.63. The van der Waals surface area contributed by atoms with Crippen LogP contribution in [0.4, 0.5) is 5.69 Å². The summed E-state index contributed by atoms with van der Waals surface area (Å²) in [6.45, 7) is 2.03. The number of pyridine rings is 1. The van der Waals surface area contributed by atoms with Gasteiger partial charge < -0.3 is 11.1 Å². The summed E-state index contributed by atoms with van der Waals surface area (Å²) in [6.07, 6.45) is 5.51. The molecule has 0 aromatic carbocycles. The number of rotatable bonds is 3. The highest BCUT2D eigenvalue weighted by molar-refractivity contribution is 5.98. The molecule has 16 heavy (non-hydrogen) atoms. The third-order valence-corrected chi connectivity index (χ3v) is 2.79. The number of hydrogen-bond acceptors (Lipinski definition) is 3. The van der Waals surface area contributed by atoms with Crippen LogP contribution in [0, 0.1) is 5.92 Å². The van der Waals surface area contributed by atoms with Gasteiger partial charge in [0.2, 0.25) is 0 Å². The van der Waals surface area contributed by atoms with Crippen molar-refractivity contribution in [1.82, 2.24) is 10.3 Å². The van der Waals surface area contributed by atoms with E-state index in [-0.39, 0.29) is 24.4 Å². The summed E-state index contributed by atoms with van der Waals surface area (Å²) in [7, 11) is 0. The van der Waals surface area contributed by atoms with Crippen LogP contribution in [0.25, 0.3) is 0 Å². The summed E-state index contributed by atoms with van der Waals surface area (Å²) in [5, 5.41) is 2.94. The van der Waals surface area contributed by atoms with Crippen LogP contribution in [-0.2, 0) is 0 Å². The first-order valence-electron chi connectivity index (χ1n) is 5.19. The Morgan fingerprint density at radius 3 is 2.88 bits per heavy atom. The Morgan fingerprint density at radius 2 is 2.31 bits per heavy atom. The van der Waals surface area contributed by atoms with Crippen molar-refractivity contribution in [1.29, 1.82) is 0 Å². The van der Waals surface area contributed by atoms with E-state index in [2.05, 4.69) is 10.3 Å². The van der Waals surface area contributed by atoms with E-state index in [4.69, 9.17) is 5.73 Å². The van der Waals surface area contributed by atoms with Crippen LogP contribution < -0.4 is 11.1 Å². The van der Waals surface area contributed by atoms with Gasteiger partial charge in [-0.15, -0.1) is 12.4 Å². The van der Waals surface area contributed by atoms with Crippen LogP contribution in [0.1, 0.15) is 30.1 Å². The zero-order valence-electron chi connectivity index (χ0n) is 9.14. The van der Waals surface area contributed by atoms with E-state index < -0.39 is 0 Å². The lowest BCUT2D eigenvalue weighted by atomic mass is 10.2. The molecule has 1 unspecified atom stereocenters. The minimum Gasteiger partial charge on any atom is -0.398 e. The molecule has 1 fully saturated rings. The van der Waals surface area contributed by atoms with Gasteiger partial charge in [-0.25, -0.2) is 0 Å². The van der Waals surface area contributed by atoms with Gasteiger partial charge in [-0.3, -0.25) is 9.78 Å². The summed E-state index contributed by atoms with van der Waals surface area (Å²) in [5.74, 6) is 0.520. The Morgan fingerprint density at radius 1 is 1.62 bits per heavy atom. The third-order valence-electron chi connectivity index (χ3n) is 2.79. The molecule has 1 heterocycles. The van der Waals surface area contributed by atoms with Gasteiger partial charge in [0, 0.05) is 24.1 Å². The largest absolute Gasteiger partial charge is 0.398 e. The number of nitrogens with zero attached hydrogens (tertiary/aromatic N) is 1. The average Bonchev–Trinajstić information content (AvgIpc) is 3.01. The maximum atomic E-state index is 11.8. The lowest BCUT2D eigenvalue weighted by Crippen LogP contribution is -2.34. The summed E-state index contributed by atoms with van der Waals surface area (Å²) < 4.78 is 0. The summed E-state index contributed by atoms with van der Waals surface area (Å²) in [6, 6.07) is 1.87. The van der Waals surface area contributed by atoms with Gasteiger partial charge >= 0.3 is 0 Å². The zero-order chi connectivity index (χ0) is 10.8. The Balaban J connectivity index is 0.00000128. The molecule has 5 heteroatoms. The lowest BCUT2D eigenvalue weighted by molar-refractivity contribution is 0.0936. The van der Waals surface area contributed by atoms with Crippen molar-refractivity contribution in [3.05, 3.63) is 24.0 Å². The van der Waals surface area contributed by atoms with Gasteiger partial charge in [0.25, 0.3) is 5.91 Å². The first kappa shape index (κ1) is 12.8. The second-order valence-electron chi connectivity index (χ2n) is 4.06. The number of aromatic nitrogens is 1. The molecule has 2 rings (SSSR count). The zero-order valence-corrected chi connectivity index (χ0v) is 9.96. The SMILES string of the molecule is CC(NC(=O)c1cnccc1N)C1CC1.Cl. The normalized spacial score (nSPS) is 16.1. The van der Waals surface area contributed by atoms with E-state index in [1.807, 2.05) is 6.92 Å². The van der Waals surface area contributed by atoms with Crippen LogP contribution in [0.15, 0.2) is 18.5 Å². The molecular formula is C11H16ClN3O. The van der Waals surface area contributed by atoms with E-state index in [1.54, 1.807) is 12.3 Å². The Labute approximate surface area is 101 Å². The number of nitrogens with one attached hydrogen (secondary N) is 1. The highest BCUT2D eigenvalue weighted by Crippen LogP contribution is 2.32. The molecule has 1 atom stereocenters. The van der Waals surface area contributed by atoms with Crippen molar-refractivity contribution >= 4 is 24.0 Å². The molecule has 1 amide bonds. The number of anilines is 1. The van der Waals surface area contributed by atoms with E-state index in [9.17, 15) is 4.79 Å². The molecule has 0 radical (unpaired) electrons. The maximum Gasteiger partial charge on any atom is 0.255 e. The third kappa shape index (κ3) is 2.85. The molecule has 0 bridgehead atoms. The number of nitrogens with two attached hydrogens (primary N) is 1. The summed E-state index contributed by atoms with van der Waals surface area (Å²) >= 11 is 0. The lowest BCUT2D eigenvalue weighted by Gasteiger charge is -2.13. The van der Waals surface area contributed by atoms with E-state index in [1.165, 1.54) is 19.0 Å². The molecule has 1 aromatic rings. The number of nitrogen functional groups attached to an aromatic ring is 1. The fraction of sp³-hybridized carbons (Fsp3) is 0.455. The van der Waals surface area contributed by atoms with Gasteiger partial charge in [0.05, 0.1) is 5.56 Å². The molecule has 1 aromatic heterocycles. The van der Waals surface area contributed by atoms with Crippen LogP contribution in [0.2, 0.25) is 0 Å². The first-order valence-corrected chi connectivity index (χ1v) is 5.19. The molecule has 0 spiro atoms. The van der Waals surface area contributed by atoms with Crippen molar-refractivity contribution in [3.63, 3.8) is 0 Å². The van der Waals surface area contributed by atoms with E-state index in [0.29, 0.717) is 17.2 Å². The Bertz CT molecular complexity index is 379. The maximum absolute atomic E-state index is 11.8. The minimum atomic E-state index is -0.125. The molecular weight excluding hydrogens is 226 g/mol. The predicted octanol–water partition coefficient (Wildman–Crippen LogP) is 1.61. The fourth-order valence-electron chi connectivity index (χ4n) is 1.59. The number of carbonyl (C=O) groups excluding carboxylic acids is 1. The van der Waals surface area contributed by atoms with E-state index in [0.717, 1.165) is 0 Å². The van der Waals surface area contributed by atoms with Crippen molar-refractivity contribution in [3.8, 4) is 0 Å². The van der Waals surface area contributed by atoms with Crippen LogP contribution in [0.3, 0.4) is 0 Å².